The lowest BCUT2D eigenvalue weighted by atomic mass is 9.93. The molecular formula is C9H19NO2. The second kappa shape index (κ2) is 5.51. The minimum absolute atomic E-state index is 0.426. The summed E-state index contributed by atoms with van der Waals surface area (Å²) >= 11 is 0. The minimum Gasteiger partial charge on any atom is -0.359 e. The normalized spacial score (nSPS) is 30.5. The molecule has 1 rings (SSSR count). The zero-order valence-corrected chi connectivity index (χ0v) is 8.01. The lowest BCUT2D eigenvalue weighted by Gasteiger charge is -2.27. The van der Waals surface area contributed by atoms with Crippen molar-refractivity contribution in [2.75, 3.05) is 21.0 Å². The predicted molar refractivity (Wildman–Crippen MR) is 48.1 cm³/mol. The fourth-order valence-corrected chi connectivity index (χ4v) is 1.68. The molecule has 0 aromatic heterocycles. The molecule has 0 aliphatic heterocycles. The van der Waals surface area contributed by atoms with Crippen molar-refractivity contribution in [2.24, 2.45) is 0 Å². The molecule has 3 nitrogen and oxygen atoms in total. The van der Waals surface area contributed by atoms with Gasteiger partial charge in [0.25, 0.3) is 0 Å². The van der Waals surface area contributed by atoms with E-state index in [0.717, 1.165) is 12.8 Å². The first kappa shape index (κ1) is 9.96. The molecule has 0 aromatic rings. The second-order valence-electron chi connectivity index (χ2n) is 3.34. The maximum Gasteiger partial charge on any atom is 0.146 e. The Kier molecular flexibility index (Phi) is 4.58. The molecule has 0 atom stereocenters. The van der Waals surface area contributed by atoms with Gasteiger partial charge in [0.1, 0.15) is 6.79 Å². The van der Waals surface area contributed by atoms with Crippen molar-refractivity contribution in [3.05, 3.63) is 0 Å². The van der Waals surface area contributed by atoms with Gasteiger partial charge in [0.05, 0.1) is 6.10 Å². The molecule has 0 spiro atoms. The summed E-state index contributed by atoms with van der Waals surface area (Å²) in [5.74, 6) is 0. The monoisotopic (exact) mass is 173 g/mol. The van der Waals surface area contributed by atoms with Gasteiger partial charge < -0.3 is 14.8 Å². The van der Waals surface area contributed by atoms with E-state index in [1.54, 1.807) is 7.11 Å². The van der Waals surface area contributed by atoms with E-state index in [1.165, 1.54) is 12.8 Å². The van der Waals surface area contributed by atoms with Gasteiger partial charge in [-0.1, -0.05) is 0 Å². The molecule has 0 unspecified atom stereocenters. The molecular weight excluding hydrogens is 154 g/mol. The maximum atomic E-state index is 5.47. The van der Waals surface area contributed by atoms with Crippen LogP contribution in [0.4, 0.5) is 0 Å². The quantitative estimate of drug-likeness (QED) is 0.647. The van der Waals surface area contributed by atoms with Crippen LogP contribution in [0.2, 0.25) is 0 Å². The molecule has 0 aromatic carbocycles. The molecule has 1 aliphatic rings. The van der Waals surface area contributed by atoms with E-state index in [9.17, 15) is 0 Å². The molecule has 1 fully saturated rings. The van der Waals surface area contributed by atoms with Crippen LogP contribution in [0, 0.1) is 0 Å². The second-order valence-corrected chi connectivity index (χ2v) is 3.34. The summed E-state index contributed by atoms with van der Waals surface area (Å²) in [6.45, 7) is 0.439. The summed E-state index contributed by atoms with van der Waals surface area (Å²) in [5, 5.41) is 3.29. The zero-order valence-electron chi connectivity index (χ0n) is 8.01. The Morgan fingerprint density at radius 1 is 1.25 bits per heavy atom. The Morgan fingerprint density at radius 3 is 2.42 bits per heavy atom. The molecule has 1 aliphatic carbocycles. The number of methoxy groups -OCH3 is 1. The molecule has 0 saturated heterocycles. The fourth-order valence-electron chi connectivity index (χ4n) is 1.68. The molecule has 1 saturated carbocycles. The van der Waals surface area contributed by atoms with Crippen LogP contribution < -0.4 is 5.32 Å². The van der Waals surface area contributed by atoms with E-state index in [2.05, 4.69) is 5.32 Å². The summed E-state index contributed by atoms with van der Waals surface area (Å²) in [6, 6.07) is 0.701. The highest BCUT2D eigenvalue weighted by atomic mass is 16.7. The topological polar surface area (TPSA) is 30.5 Å². The number of nitrogens with one attached hydrogen (secondary N) is 1. The smallest absolute Gasteiger partial charge is 0.146 e. The van der Waals surface area contributed by atoms with E-state index in [1.807, 2.05) is 7.05 Å². The molecule has 1 N–H and O–H groups in total. The van der Waals surface area contributed by atoms with Crippen LogP contribution in [-0.2, 0) is 9.47 Å². The van der Waals surface area contributed by atoms with Gasteiger partial charge in [0.2, 0.25) is 0 Å². The molecule has 0 bridgehead atoms. The molecule has 0 amide bonds. The van der Waals surface area contributed by atoms with Gasteiger partial charge in [-0.05, 0) is 32.7 Å². The van der Waals surface area contributed by atoms with Gasteiger partial charge >= 0.3 is 0 Å². The van der Waals surface area contributed by atoms with Gasteiger partial charge in [-0.15, -0.1) is 0 Å². The molecule has 3 heteroatoms. The van der Waals surface area contributed by atoms with E-state index in [-0.39, 0.29) is 0 Å². The third-order valence-electron chi connectivity index (χ3n) is 2.50. The van der Waals surface area contributed by atoms with E-state index >= 15 is 0 Å². The van der Waals surface area contributed by atoms with Gasteiger partial charge in [-0.2, -0.15) is 0 Å². The Morgan fingerprint density at radius 2 is 1.92 bits per heavy atom. The number of ether oxygens (including phenoxy) is 2. The summed E-state index contributed by atoms with van der Waals surface area (Å²) in [6.07, 6.45) is 5.20. The third kappa shape index (κ3) is 3.09. The van der Waals surface area contributed by atoms with Gasteiger partial charge in [-0.25, -0.2) is 0 Å². The highest BCUT2D eigenvalue weighted by Gasteiger charge is 2.19. The van der Waals surface area contributed by atoms with Crippen LogP contribution >= 0.6 is 0 Å². The first-order chi connectivity index (χ1) is 5.86. The predicted octanol–water partition coefficient (Wildman–Crippen LogP) is 1.14. The third-order valence-corrected chi connectivity index (χ3v) is 2.50. The van der Waals surface area contributed by atoms with Gasteiger partial charge in [0, 0.05) is 13.2 Å². The Balaban J connectivity index is 2.09. The summed E-state index contributed by atoms with van der Waals surface area (Å²) in [4.78, 5) is 0. The average molecular weight is 173 g/mol. The van der Waals surface area contributed by atoms with Crippen molar-refractivity contribution in [3.8, 4) is 0 Å². The van der Waals surface area contributed by atoms with Crippen LogP contribution in [-0.4, -0.2) is 33.1 Å². The summed E-state index contributed by atoms with van der Waals surface area (Å²) in [5.41, 5.74) is 0. The first-order valence-electron chi connectivity index (χ1n) is 4.64. The molecule has 12 heavy (non-hydrogen) atoms. The lowest BCUT2D eigenvalue weighted by molar-refractivity contribution is -0.0837. The van der Waals surface area contributed by atoms with Crippen molar-refractivity contribution < 1.29 is 9.47 Å². The van der Waals surface area contributed by atoms with E-state index < -0.39 is 0 Å². The van der Waals surface area contributed by atoms with Crippen molar-refractivity contribution in [3.63, 3.8) is 0 Å². The zero-order chi connectivity index (χ0) is 8.81. The maximum absolute atomic E-state index is 5.47. The van der Waals surface area contributed by atoms with Gasteiger partial charge in [-0.3, -0.25) is 0 Å². The van der Waals surface area contributed by atoms with Crippen LogP contribution in [0.1, 0.15) is 25.7 Å². The first-order valence-corrected chi connectivity index (χ1v) is 4.64. The van der Waals surface area contributed by atoms with Crippen molar-refractivity contribution in [1.82, 2.24) is 5.32 Å². The standard InChI is InChI=1S/C9H19NO2/c1-10-8-3-5-9(6-4-8)12-7-11-2/h8-10H,3-7H2,1-2H3. The summed E-state index contributed by atoms with van der Waals surface area (Å²) in [7, 11) is 3.69. The average Bonchev–Trinajstić information content (AvgIpc) is 2.15. The van der Waals surface area contributed by atoms with Crippen LogP contribution in [0.3, 0.4) is 0 Å². The van der Waals surface area contributed by atoms with Crippen molar-refractivity contribution in [1.29, 1.82) is 0 Å². The van der Waals surface area contributed by atoms with Crippen molar-refractivity contribution >= 4 is 0 Å². The number of rotatable bonds is 4. The number of hydrogen-bond donors (Lipinski definition) is 1. The fraction of sp³-hybridized carbons (Fsp3) is 1.00. The number of hydrogen-bond acceptors (Lipinski definition) is 3. The van der Waals surface area contributed by atoms with Crippen LogP contribution in [0.15, 0.2) is 0 Å². The highest BCUT2D eigenvalue weighted by Crippen LogP contribution is 2.20. The highest BCUT2D eigenvalue weighted by molar-refractivity contribution is 4.75. The van der Waals surface area contributed by atoms with Crippen LogP contribution in [0.5, 0.6) is 0 Å². The Labute approximate surface area is 74.4 Å². The molecule has 0 radical (unpaired) electrons. The lowest BCUT2D eigenvalue weighted by Crippen LogP contribution is -2.33. The van der Waals surface area contributed by atoms with Crippen LogP contribution in [0.25, 0.3) is 0 Å². The summed E-state index contributed by atoms with van der Waals surface area (Å²) < 4.78 is 10.3. The van der Waals surface area contributed by atoms with E-state index in [0.29, 0.717) is 18.9 Å². The van der Waals surface area contributed by atoms with E-state index in [4.69, 9.17) is 9.47 Å². The Bertz CT molecular complexity index is 111. The largest absolute Gasteiger partial charge is 0.359 e. The van der Waals surface area contributed by atoms with Crippen molar-refractivity contribution in [2.45, 2.75) is 37.8 Å². The SMILES string of the molecule is CNC1CCC(OCOC)CC1. The van der Waals surface area contributed by atoms with Gasteiger partial charge in [0.15, 0.2) is 0 Å². The molecule has 72 valence electrons. The molecule has 0 heterocycles. The minimum atomic E-state index is 0.426. The Hall–Kier alpha value is -0.120.